The average molecular weight is 166 g/mol. The van der Waals surface area contributed by atoms with Crippen LogP contribution in [-0.2, 0) is 4.79 Å². The van der Waals surface area contributed by atoms with Crippen molar-refractivity contribution in [1.29, 1.82) is 0 Å². The highest BCUT2D eigenvalue weighted by Gasteiger charge is 2.42. The highest BCUT2D eigenvalue weighted by Crippen LogP contribution is 2.44. The Labute approximate surface area is 72.6 Å². The molecule has 66 valence electrons. The van der Waals surface area contributed by atoms with E-state index in [4.69, 9.17) is 5.11 Å². The summed E-state index contributed by atoms with van der Waals surface area (Å²) in [7, 11) is 0. The highest BCUT2D eigenvalue weighted by atomic mass is 16.2. The molecule has 1 fully saturated rings. The number of aliphatic hydroxyl groups excluding tert-OH is 1. The largest absolute Gasteiger partial charge is 0.515 e. The van der Waals surface area contributed by atoms with E-state index in [0.717, 1.165) is 6.26 Å². The van der Waals surface area contributed by atoms with Gasteiger partial charge in [-0.3, -0.25) is 4.79 Å². The van der Waals surface area contributed by atoms with Crippen molar-refractivity contribution in [2.45, 2.75) is 20.3 Å². The summed E-state index contributed by atoms with van der Waals surface area (Å²) >= 11 is 0. The van der Waals surface area contributed by atoms with Gasteiger partial charge in [0.25, 0.3) is 0 Å². The summed E-state index contributed by atoms with van der Waals surface area (Å²) in [6.45, 7) is 7.68. The number of carbonyl (C=O) groups is 1. The van der Waals surface area contributed by atoms with Crippen LogP contribution in [0.25, 0.3) is 0 Å². The number of allylic oxidation sites excluding steroid dienone is 2. The molecule has 2 nitrogen and oxygen atoms in total. The van der Waals surface area contributed by atoms with Crippen LogP contribution in [0.4, 0.5) is 0 Å². The molecule has 1 N–H and O–H groups in total. The van der Waals surface area contributed by atoms with Gasteiger partial charge in [-0.15, -0.1) is 6.58 Å². The van der Waals surface area contributed by atoms with Gasteiger partial charge in [-0.2, -0.15) is 0 Å². The fraction of sp³-hybridized carbons (Fsp3) is 0.500. The third kappa shape index (κ3) is 1.17. The Kier molecular flexibility index (Phi) is 2.09. The van der Waals surface area contributed by atoms with Crippen LogP contribution in [0.15, 0.2) is 24.5 Å². The minimum atomic E-state index is -0.0899. The van der Waals surface area contributed by atoms with Crippen molar-refractivity contribution in [2.75, 3.05) is 0 Å². The summed E-state index contributed by atoms with van der Waals surface area (Å²) < 4.78 is 0. The number of aliphatic hydroxyl groups is 1. The molecule has 0 heterocycles. The highest BCUT2D eigenvalue weighted by molar-refractivity contribution is 5.99. The van der Waals surface area contributed by atoms with Crippen LogP contribution in [-0.4, -0.2) is 10.9 Å². The Morgan fingerprint density at radius 3 is 2.58 bits per heavy atom. The van der Waals surface area contributed by atoms with Crippen LogP contribution in [0, 0.1) is 11.3 Å². The molecule has 0 amide bonds. The monoisotopic (exact) mass is 166 g/mol. The molecule has 0 radical (unpaired) electrons. The van der Waals surface area contributed by atoms with E-state index in [9.17, 15) is 4.79 Å². The molecular weight excluding hydrogens is 152 g/mol. The van der Waals surface area contributed by atoms with E-state index in [2.05, 4.69) is 6.58 Å². The van der Waals surface area contributed by atoms with Crippen molar-refractivity contribution in [3.8, 4) is 0 Å². The van der Waals surface area contributed by atoms with Crippen molar-refractivity contribution >= 4 is 5.78 Å². The molecule has 1 rings (SSSR count). The van der Waals surface area contributed by atoms with Crippen LogP contribution in [0.5, 0.6) is 0 Å². The van der Waals surface area contributed by atoms with E-state index in [-0.39, 0.29) is 17.1 Å². The Balaban J connectivity index is 3.07. The average Bonchev–Trinajstić information content (AvgIpc) is 2.18. The van der Waals surface area contributed by atoms with Gasteiger partial charge in [0, 0.05) is 17.9 Å². The van der Waals surface area contributed by atoms with Crippen molar-refractivity contribution in [1.82, 2.24) is 0 Å². The minimum Gasteiger partial charge on any atom is -0.515 e. The Morgan fingerprint density at radius 2 is 2.25 bits per heavy atom. The predicted molar refractivity (Wildman–Crippen MR) is 47.8 cm³/mol. The predicted octanol–water partition coefficient (Wildman–Crippen LogP) is 2.23. The number of Topliss-reactive ketones (excluding diaryl/α,β-unsaturated/α-hetero) is 1. The summed E-state index contributed by atoms with van der Waals surface area (Å²) in [5, 5.41) is 8.84. The maximum absolute atomic E-state index is 11.3. The first-order chi connectivity index (χ1) is 5.53. The summed E-state index contributed by atoms with van der Waals surface area (Å²) in [5.74, 6) is 0.0300. The first kappa shape index (κ1) is 9.04. The molecule has 0 unspecified atom stereocenters. The topological polar surface area (TPSA) is 37.3 Å². The van der Waals surface area contributed by atoms with E-state index in [1.54, 1.807) is 6.08 Å². The van der Waals surface area contributed by atoms with Crippen LogP contribution in [0.2, 0.25) is 0 Å². The number of ketones is 1. The molecule has 0 spiro atoms. The third-order valence-corrected chi connectivity index (χ3v) is 2.49. The number of carbonyl (C=O) groups excluding carboxylic acids is 1. The molecule has 1 atom stereocenters. The first-order valence-corrected chi connectivity index (χ1v) is 4.03. The van der Waals surface area contributed by atoms with Gasteiger partial charge in [0.15, 0.2) is 5.78 Å². The molecular formula is C10H14O2. The van der Waals surface area contributed by atoms with Crippen LogP contribution < -0.4 is 0 Å². The Bertz CT molecular complexity index is 249. The smallest absolute Gasteiger partial charge is 0.163 e. The van der Waals surface area contributed by atoms with Crippen LogP contribution in [0.1, 0.15) is 20.3 Å². The fourth-order valence-electron chi connectivity index (χ4n) is 1.82. The lowest BCUT2D eigenvalue weighted by atomic mass is 9.81. The summed E-state index contributed by atoms with van der Waals surface area (Å²) in [6, 6.07) is 0. The van der Waals surface area contributed by atoms with Gasteiger partial charge in [0.05, 0.1) is 6.26 Å². The third-order valence-electron chi connectivity index (χ3n) is 2.49. The molecule has 0 aromatic carbocycles. The molecule has 0 saturated heterocycles. The lowest BCUT2D eigenvalue weighted by Gasteiger charge is -2.22. The molecule has 0 bridgehead atoms. The van der Waals surface area contributed by atoms with Gasteiger partial charge in [0.1, 0.15) is 0 Å². The quantitative estimate of drug-likeness (QED) is 0.368. The molecule has 1 aliphatic rings. The van der Waals surface area contributed by atoms with Crippen molar-refractivity contribution in [2.24, 2.45) is 11.3 Å². The van der Waals surface area contributed by atoms with Gasteiger partial charge in [-0.05, 0) is 5.41 Å². The van der Waals surface area contributed by atoms with E-state index >= 15 is 0 Å². The molecule has 2 heteroatoms. The summed E-state index contributed by atoms with van der Waals surface area (Å²) in [6.07, 6.45) is 3.15. The molecule has 0 aromatic heterocycles. The van der Waals surface area contributed by atoms with Gasteiger partial charge >= 0.3 is 0 Å². The zero-order valence-corrected chi connectivity index (χ0v) is 7.50. The van der Waals surface area contributed by atoms with Gasteiger partial charge in [-0.1, -0.05) is 19.9 Å². The zero-order chi connectivity index (χ0) is 9.35. The standard InChI is InChI=1S/C10H14O2/c1-4-8-7(6-11)9(12)5-10(8,2)3/h4,6,8,11H,1,5H2,2-3H3/b7-6-/t8-/m1/s1. The van der Waals surface area contributed by atoms with Gasteiger partial charge in [0.2, 0.25) is 0 Å². The summed E-state index contributed by atoms with van der Waals surface area (Å²) in [5.41, 5.74) is 0.405. The maximum atomic E-state index is 11.3. The van der Waals surface area contributed by atoms with Gasteiger partial charge < -0.3 is 5.11 Å². The Morgan fingerprint density at radius 1 is 1.67 bits per heavy atom. The van der Waals surface area contributed by atoms with Crippen molar-refractivity contribution in [3.05, 3.63) is 24.5 Å². The van der Waals surface area contributed by atoms with E-state index in [1.807, 2.05) is 13.8 Å². The Hall–Kier alpha value is -1.05. The molecule has 0 aliphatic heterocycles. The molecule has 0 aromatic rings. The SMILES string of the molecule is C=C[C@@H]1/C(=C/O)C(=O)CC1(C)C. The second kappa shape index (κ2) is 2.77. The zero-order valence-electron chi connectivity index (χ0n) is 7.50. The normalized spacial score (nSPS) is 31.0. The number of hydrogen-bond acceptors (Lipinski definition) is 2. The number of hydrogen-bond donors (Lipinski definition) is 1. The lowest BCUT2D eigenvalue weighted by molar-refractivity contribution is -0.115. The van der Waals surface area contributed by atoms with Gasteiger partial charge in [-0.25, -0.2) is 0 Å². The second-order valence-electron chi connectivity index (χ2n) is 3.89. The summed E-state index contributed by atoms with van der Waals surface area (Å²) in [4.78, 5) is 11.3. The molecule has 1 aliphatic carbocycles. The van der Waals surface area contributed by atoms with Crippen molar-refractivity contribution < 1.29 is 9.90 Å². The van der Waals surface area contributed by atoms with Crippen LogP contribution >= 0.6 is 0 Å². The minimum absolute atomic E-state index is 0.00463. The fourth-order valence-corrected chi connectivity index (χ4v) is 1.82. The van der Waals surface area contributed by atoms with E-state index in [0.29, 0.717) is 12.0 Å². The molecule has 12 heavy (non-hydrogen) atoms. The van der Waals surface area contributed by atoms with E-state index < -0.39 is 0 Å². The number of rotatable bonds is 1. The lowest BCUT2D eigenvalue weighted by Crippen LogP contribution is -2.15. The maximum Gasteiger partial charge on any atom is 0.163 e. The van der Waals surface area contributed by atoms with Crippen molar-refractivity contribution in [3.63, 3.8) is 0 Å². The second-order valence-corrected chi connectivity index (χ2v) is 3.89. The molecule has 1 saturated carbocycles. The van der Waals surface area contributed by atoms with E-state index in [1.165, 1.54) is 0 Å². The van der Waals surface area contributed by atoms with Crippen LogP contribution in [0.3, 0.4) is 0 Å². The first-order valence-electron chi connectivity index (χ1n) is 4.03.